The van der Waals surface area contributed by atoms with Crippen molar-refractivity contribution in [3.63, 3.8) is 0 Å². The summed E-state index contributed by atoms with van der Waals surface area (Å²) in [5.74, 6) is 1.98. The van der Waals surface area contributed by atoms with E-state index in [0.717, 1.165) is 43.5 Å². The van der Waals surface area contributed by atoms with Crippen LogP contribution < -0.4 is 9.80 Å². The summed E-state index contributed by atoms with van der Waals surface area (Å²) < 4.78 is 0. The van der Waals surface area contributed by atoms with Gasteiger partial charge in [0.1, 0.15) is 18.0 Å². The van der Waals surface area contributed by atoms with Crippen LogP contribution in [0.1, 0.15) is 5.69 Å². The minimum Gasteiger partial charge on any atom is -0.353 e. The van der Waals surface area contributed by atoms with Crippen LogP contribution in [0, 0.1) is 6.92 Å². The summed E-state index contributed by atoms with van der Waals surface area (Å²) in [7, 11) is 0. The van der Waals surface area contributed by atoms with Crippen molar-refractivity contribution in [2.75, 3.05) is 36.0 Å². The molecule has 0 unspecified atom stereocenters. The Morgan fingerprint density at radius 2 is 1.65 bits per heavy atom. The third-order valence-electron chi connectivity index (χ3n) is 3.43. The van der Waals surface area contributed by atoms with Crippen molar-refractivity contribution in [2.45, 2.75) is 6.92 Å². The van der Waals surface area contributed by atoms with Gasteiger partial charge in [0.25, 0.3) is 0 Å². The fourth-order valence-corrected chi connectivity index (χ4v) is 2.44. The minimum atomic E-state index is 0.670. The molecule has 0 bridgehead atoms. The van der Waals surface area contributed by atoms with Gasteiger partial charge in [0, 0.05) is 44.1 Å². The van der Waals surface area contributed by atoms with Crippen molar-refractivity contribution in [1.82, 2.24) is 15.0 Å². The third kappa shape index (κ3) is 2.82. The van der Waals surface area contributed by atoms with E-state index in [1.54, 1.807) is 12.5 Å². The van der Waals surface area contributed by atoms with Crippen molar-refractivity contribution in [3.8, 4) is 0 Å². The van der Waals surface area contributed by atoms with Crippen LogP contribution in [-0.2, 0) is 0 Å². The zero-order valence-electron chi connectivity index (χ0n) is 11.3. The molecule has 1 fully saturated rings. The Kier molecular flexibility index (Phi) is 3.69. The maximum atomic E-state index is 5.87. The monoisotopic (exact) mass is 289 g/mol. The van der Waals surface area contributed by atoms with Crippen LogP contribution in [0.5, 0.6) is 0 Å². The number of pyridine rings is 1. The number of piperazine rings is 1. The van der Waals surface area contributed by atoms with Gasteiger partial charge in [-0.1, -0.05) is 11.6 Å². The van der Waals surface area contributed by atoms with Crippen LogP contribution in [0.4, 0.5) is 11.6 Å². The second-order valence-electron chi connectivity index (χ2n) is 4.83. The van der Waals surface area contributed by atoms with Crippen LogP contribution in [0.15, 0.2) is 30.7 Å². The quantitative estimate of drug-likeness (QED) is 0.848. The maximum Gasteiger partial charge on any atom is 0.132 e. The highest BCUT2D eigenvalue weighted by Crippen LogP contribution is 2.18. The normalized spacial score (nSPS) is 15.5. The van der Waals surface area contributed by atoms with Gasteiger partial charge in [0.05, 0.1) is 5.02 Å². The summed E-state index contributed by atoms with van der Waals surface area (Å²) in [5.41, 5.74) is 0.997. The molecule has 1 saturated heterocycles. The molecule has 0 radical (unpaired) electrons. The first-order chi connectivity index (χ1) is 9.72. The van der Waals surface area contributed by atoms with Gasteiger partial charge < -0.3 is 9.80 Å². The summed E-state index contributed by atoms with van der Waals surface area (Å²) in [6, 6.07) is 5.87. The molecule has 0 spiro atoms. The van der Waals surface area contributed by atoms with Crippen LogP contribution >= 0.6 is 11.6 Å². The molecule has 5 nitrogen and oxygen atoms in total. The van der Waals surface area contributed by atoms with Crippen LogP contribution in [-0.4, -0.2) is 41.1 Å². The Morgan fingerprint density at radius 3 is 2.25 bits per heavy atom. The van der Waals surface area contributed by atoms with Crippen molar-refractivity contribution >= 4 is 23.2 Å². The Morgan fingerprint density at radius 1 is 0.950 bits per heavy atom. The zero-order valence-corrected chi connectivity index (χ0v) is 12.1. The Bertz CT molecular complexity index is 578. The van der Waals surface area contributed by atoms with Gasteiger partial charge in [-0.15, -0.1) is 0 Å². The number of nitrogens with zero attached hydrogens (tertiary/aromatic N) is 5. The first-order valence-electron chi connectivity index (χ1n) is 6.62. The van der Waals surface area contributed by atoms with Crippen LogP contribution in [0.25, 0.3) is 0 Å². The first kappa shape index (κ1) is 13.1. The predicted molar refractivity (Wildman–Crippen MR) is 80.4 cm³/mol. The molecule has 0 N–H and O–H groups in total. The average Bonchev–Trinajstić information content (AvgIpc) is 2.48. The lowest BCUT2D eigenvalue weighted by Crippen LogP contribution is -2.47. The first-order valence-corrected chi connectivity index (χ1v) is 7.00. The van der Waals surface area contributed by atoms with Crippen molar-refractivity contribution in [1.29, 1.82) is 0 Å². The summed E-state index contributed by atoms with van der Waals surface area (Å²) in [5, 5.41) is 0.670. The van der Waals surface area contributed by atoms with Crippen molar-refractivity contribution < 1.29 is 0 Å². The topological polar surface area (TPSA) is 45.2 Å². The highest BCUT2D eigenvalue weighted by molar-refractivity contribution is 6.30. The minimum absolute atomic E-state index is 0.670. The van der Waals surface area contributed by atoms with Gasteiger partial charge in [0.15, 0.2) is 0 Å². The smallest absolute Gasteiger partial charge is 0.132 e. The van der Waals surface area contributed by atoms with Gasteiger partial charge in [-0.2, -0.15) is 0 Å². The number of aryl methyl sites for hydroxylation is 1. The molecule has 3 rings (SSSR count). The maximum absolute atomic E-state index is 5.87. The van der Waals surface area contributed by atoms with Gasteiger partial charge in [-0.05, 0) is 19.1 Å². The lowest BCUT2D eigenvalue weighted by Gasteiger charge is -2.36. The largest absolute Gasteiger partial charge is 0.353 e. The fourth-order valence-electron chi connectivity index (χ4n) is 2.33. The predicted octanol–water partition coefficient (Wildman–Crippen LogP) is 2.16. The Hall–Kier alpha value is -1.88. The summed E-state index contributed by atoms with van der Waals surface area (Å²) in [4.78, 5) is 17.4. The molecule has 0 aliphatic carbocycles. The number of halogens is 1. The van der Waals surface area contributed by atoms with Crippen molar-refractivity contribution in [3.05, 3.63) is 41.4 Å². The van der Waals surface area contributed by atoms with E-state index in [0.29, 0.717) is 5.02 Å². The molecular weight excluding hydrogens is 274 g/mol. The SMILES string of the molecule is Cc1cc(N2CCN(c3ccc(Cl)cn3)CC2)ncn1. The van der Waals surface area contributed by atoms with E-state index in [1.165, 1.54) is 0 Å². The number of hydrogen-bond acceptors (Lipinski definition) is 5. The molecule has 0 saturated carbocycles. The van der Waals surface area contributed by atoms with Gasteiger partial charge in [-0.3, -0.25) is 0 Å². The number of anilines is 2. The lowest BCUT2D eigenvalue weighted by molar-refractivity contribution is 0.640. The second-order valence-corrected chi connectivity index (χ2v) is 5.26. The molecule has 0 amide bonds. The standard InChI is InChI=1S/C14H16ClN5/c1-11-8-14(18-10-17-11)20-6-4-19(5-7-20)13-3-2-12(15)9-16-13/h2-3,8-10H,4-7H2,1H3. The molecular formula is C14H16ClN5. The van der Waals surface area contributed by atoms with Crippen LogP contribution in [0.2, 0.25) is 5.02 Å². The van der Waals surface area contributed by atoms with E-state index < -0.39 is 0 Å². The molecule has 1 aliphatic heterocycles. The van der Waals surface area contributed by atoms with E-state index in [2.05, 4.69) is 24.8 Å². The summed E-state index contributed by atoms with van der Waals surface area (Å²) in [6.07, 6.45) is 3.31. The van der Waals surface area contributed by atoms with E-state index in [9.17, 15) is 0 Å². The van der Waals surface area contributed by atoms with Gasteiger partial charge in [0.2, 0.25) is 0 Å². The fraction of sp³-hybridized carbons (Fsp3) is 0.357. The molecule has 104 valence electrons. The highest BCUT2D eigenvalue weighted by atomic mass is 35.5. The van der Waals surface area contributed by atoms with Gasteiger partial charge in [-0.25, -0.2) is 15.0 Å². The molecule has 0 atom stereocenters. The molecule has 6 heteroatoms. The van der Waals surface area contributed by atoms with Crippen molar-refractivity contribution in [2.24, 2.45) is 0 Å². The second kappa shape index (κ2) is 5.63. The van der Waals surface area contributed by atoms with E-state index >= 15 is 0 Å². The molecule has 2 aromatic heterocycles. The zero-order chi connectivity index (χ0) is 13.9. The molecule has 20 heavy (non-hydrogen) atoms. The molecule has 2 aromatic rings. The Labute approximate surface area is 123 Å². The molecule has 0 aromatic carbocycles. The molecule has 1 aliphatic rings. The summed E-state index contributed by atoms with van der Waals surface area (Å²) >= 11 is 5.87. The highest BCUT2D eigenvalue weighted by Gasteiger charge is 2.19. The average molecular weight is 290 g/mol. The summed E-state index contributed by atoms with van der Waals surface area (Å²) in [6.45, 7) is 5.70. The third-order valence-corrected chi connectivity index (χ3v) is 3.65. The Balaban J connectivity index is 1.66. The van der Waals surface area contributed by atoms with Crippen LogP contribution in [0.3, 0.4) is 0 Å². The number of hydrogen-bond donors (Lipinski definition) is 0. The van der Waals surface area contributed by atoms with E-state index in [-0.39, 0.29) is 0 Å². The van der Waals surface area contributed by atoms with E-state index in [1.807, 2.05) is 25.1 Å². The number of rotatable bonds is 2. The lowest BCUT2D eigenvalue weighted by atomic mass is 10.3. The number of aromatic nitrogens is 3. The molecule has 3 heterocycles. The van der Waals surface area contributed by atoms with Gasteiger partial charge >= 0.3 is 0 Å². The van der Waals surface area contributed by atoms with E-state index in [4.69, 9.17) is 11.6 Å².